The molecular formula is C12H15NO3. The van der Waals surface area contributed by atoms with E-state index in [2.05, 4.69) is 0 Å². The highest BCUT2D eigenvalue weighted by atomic mass is 16.5. The quantitative estimate of drug-likeness (QED) is 0.709. The molecule has 0 aromatic heterocycles. The molecule has 86 valence electrons. The number of benzene rings is 1. The van der Waals surface area contributed by atoms with Crippen molar-refractivity contribution in [2.75, 3.05) is 6.61 Å². The van der Waals surface area contributed by atoms with E-state index in [9.17, 15) is 4.79 Å². The van der Waals surface area contributed by atoms with Crippen LogP contribution in [0.5, 0.6) is 5.75 Å². The number of carboxylic acids is 1. The van der Waals surface area contributed by atoms with Gasteiger partial charge in [0.25, 0.3) is 0 Å². The first-order chi connectivity index (χ1) is 8.13. The van der Waals surface area contributed by atoms with Crippen LogP contribution in [0.25, 0.3) is 0 Å². The molecule has 0 aliphatic heterocycles. The summed E-state index contributed by atoms with van der Waals surface area (Å²) in [6.45, 7) is 1.51. The highest BCUT2D eigenvalue weighted by Crippen LogP contribution is 2.13. The summed E-state index contributed by atoms with van der Waals surface area (Å²) in [4.78, 5) is 10.6. The maximum absolute atomic E-state index is 10.6. The van der Waals surface area contributed by atoms with Crippen molar-refractivity contribution in [1.82, 2.24) is 0 Å². The van der Waals surface area contributed by atoms with Gasteiger partial charge in [-0.2, -0.15) is 0 Å². The van der Waals surface area contributed by atoms with E-state index in [1.54, 1.807) is 30.3 Å². The molecule has 0 amide bonds. The number of hydrogen-bond donors (Lipinski definition) is 2. The van der Waals surface area contributed by atoms with Crippen molar-refractivity contribution in [3.05, 3.63) is 42.5 Å². The molecule has 16 heavy (non-hydrogen) atoms. The Morgan fingerprint density at radius 2 is 2.31 bits per heavy atom. The van der Waals surface area contributed by atoms with Crippen LogP contribution in [-0.4, -0.2) is 23.7 Å². The third-order valence-electron chi connectivity index (χ3n) is 2.04. The van der Waals surface area contributed by atoms with E-state index in [1.165, 1.54) is 6.55 Å². The average Bonchev–Trinajstić information content (AvgIpc) is 2.31. The predicted octanol–water partition coefficient (Wildman–Crippen LogP) is 1.21. The van der Waals surface area contributed by atoms with Crippen molar-refractivity contribution in [3.8, 4) is 5.75 Å². The summed E-state index contributed by atoms with van der Waals surface area (Å²) in [6.07, 6.45) is 1.87. The Kier molecular flexibility index (Phi) is 3.96. The molecule has 0 aliphatic carbocycles. The van der Waals surface area contributed by atoms with Gasteiger partial charge in [0, 0.05) is 0 Å². The molecule has 1 rings (SSSR count). The van der Waals surface area contributed by atoms with E-state index < -0.39 is 12.0 Å². The van der Waals surface area contributed by atoms with E-state index in [1.807, 2.05) is 0 Å². The van der Waals surface area contributed by atoms with Crippen molar-refractivity contribution < 1.29 is 16.0 Å². The Bertz CT molecular complexity index is 389. The number of rotatable bonds is 6. The summed E-state index contributed by atoms with van der Waals surface area (Å²) in [5.74, 6) is -0.332. The molecule has 3 N–H and O–H groups in total. The number of carboxylic acid groups (broad SMARTS) is 1. The summed E-state index contributed by atoms with van der Waals surface area (Å²) < 4.78 is 12.1. The standard InChI is InChI=1S/C12H15NO3/c1-2-7-16-10-5-3-9(4-6-10)8-11(13)12(14)15/h2-6,11H,1,7-8,13H2,(H,14,15)/t11-/m0/s1/i1D. The molecule has 0 aliphatic rings. The fourth-order valence-corrected chi connectivity index (χ4v) is 1.21. The summed E-state index contributed by atoms with van der Waals surface area (Å²) >= 11 is 0. The van der Waals surface area contributed by atoms with Crippen molar-refractivity contribution in [2.45, 2.75) is 12.5 Å². The molecule has 0 unspecified atom stereocenters. The lowest BCUT2D eigenvalue weighted by Gasteiger charge is -2.07. The van der Waals surface area contributed by atoms with Crippen LogP contribution in [0.3, 0.4) is 0 Å². The molecule has 0 saturated carbocycles. The minimum Gasteiger partial charge on any atom is -0.490 e. The van der Waals surface area contributed by atoms with E-state index in [4.69, 9.17) is 16.9 Å². The zero-order valence-corrected chi connectivity index (χ0v) is 8.80. The number of ether oxygens (including phenoxy) is 1. The Morgan fingerprint density at radius 3 is 2.88 bits per heavy atom. The van der Waals surface area contributed by atoms with Crippen molar-refractivity contribution in [3.63, 3.8) is 0 Å². The number of carbonyl (C=O) groups is 1. The molecule has 0 heterocycles. The highest BCUT2D eigenvalue weighted by molar-refractivity contribution is 5.73. The molecule has 0 saturated heterocycles. The van der Waals surface area contributed by atoms with Crippen LogP contribution in [0, 0.1) is 0 Å². The van der Waals surface area contributed by atoms with Crippen molar-refractivity contribution in [1.29, 1.82) is 0 Å². The second-order valence-corrected chi connectivity index (χ2v) is 3.34. The van der Waals surface area contributed by atoms with Crippen LogP contribution in [0.4, 0.5) is 0 Å². The zero-order chi connectivity index (χ0) is 12.7. The largest absolute Gasteiger partial charge is 0.490 e. The molecule has 4 nitrogen and oxygen atoms in total. The molecule has 0 fully saturated rings. The zero-order valence-electron chi connectivity index (χ0n) is 9.80. The normalized spacial score (nSPS) is 13.4. The molecule has 0 radical (unpaired) electrons. The Morgan fingerprint density at radius 1 is 1.62 bits per heavy atom. The Hall–Kier alpha value is -1.81. The van der Waals surface area contributed by atoms with Crippen LogP contribution >= 0.6 is 0 Å². The predicted molar refractivity (Wildman–Crippen MR) is 61.4 cm³/mol. The minimum absolute atomic E-state index is 0.294. The van der Waals surface area contributed by atoms with Gasteiger partial charge in [0.05, 0.1) is 1.37 Å². The van der Waals surface area contributed by atoms with Crippen molar-refractivity contribution >= 4 is 5.97 Å². The van der Waals surface area contributed by atoms with Gasteiger partial charge < -0.3 is 15.6 Å². The fourth-order valence-electron chi connectivity index (χ4n) is 1.21. The van der Waals surface area contributed by atoms with Gasteiger partial charge >= 0.3 is 5.97 Å². The van der Waals surface area contributed by atoms with Crippen LogP contribution in [0.2, 0.25) is 0 Å². The molecule has 1 atom stereocenters. The molecule has 0 bridgehead atoms. The van der Waals surface area contributed by atoms with Gasteiger partial charge in [-0.1, -0.05) is 24.8 Å². The van der Waals surface area contributed by atoms with Crippen LogP contribution in [0.1, 0.15) is 6.93 Å². The Labute approximate surface area is 95.7 Å². The smallest absolute Gasteiger partial charge is 0.320 e. The lowest BCUT2D eigenvalue weighted by molar-refractivity contribution is -0.138. The van der Waals surface area contributed by atoms with Crippen LogP contribution in [0.15, 0.2) is 36.9 Å². The number of hydrogen-bond acceptors (Lipinski definition) is 3. The third-order valence-corrected chi connectivity index (χ3v) is 2.04. The minimum atomic E-state index is -1.01. The van der Waals surface area contributed by atoms with Gasteiger partial charge in [0.1, 0.15) is 18.4 Å². The van der Waals surface area contributed by atoms with Gasteiger partial charge in [-0.3, -0.25) is 4.79 Å². The first kappa shape index (κ1) is 10.7. The third kappa shape index (κ3) is 3.74. The second-order valence-electron chi connectivity index (χ2n) is 3.34. The lowest BCUT2D eigenvalue weighted by Crippen LogP contribution is -2.32. The van der Waals surface area contributed by atoms with Gasteiger partial charge in [0.2, 0.25) is 0 Å². The number of aliphatic carboxylic acids is 1. The van der Waals surface area contributed by atoms with Gasteiger partial charge in [0.15, 0.2) is 0 Å². The molecule has 0 spiro atoms. The molecule has 4 heteroatoms. The van der Waals surface area contributed by atoms with E-state index in [0.717, 1.165) is 5.56 Å². The van der Waals surface area contributed by atoms with Crippen LogP contribution < -0.4 is 10.5 Å². The maximum atomic E-state index is 10.6. The summed E-state index contributed by atoms with van der Waals surface area (Å²) in [5.41, 5.74) is 6.27. The SMILES string of the molecule is [2H]C=CCOc1ccc(C[C@H](N)C(=O)O)cc1. The lowest BCUT2D eigenvalue weighted by atomic mass is 10.1. The average molecular weight is 222 g/mol. The molecular weight excluding hydrogens is 206 g/mol. The van der Waals surface area contributed by atoms with Gasteiger partial charge in [-0.25, -0.2) is 0 Å². The van der Waals surface area contributed by atoms with Gasteiger partial charge in [-0.05, 0) is 24.1 Å². The summed E-state index contributed by atoms with van der Waals surface area (Å²) in [5, 5.41) is 8.67. The first-order valence-corrected chi connectivity index (χ1v) is 4.87. The topological polar surface area (TPSA) is 72.5 Å². The van der Waals surface area contributed by atoms with Crippen LogP contribution in [-0.2, 0) is 11.2 Å². The monoisotopic (exact) mass is 222 g/mol. The maximum Gasteiger partial charge on any atom is 0.320 e. The van der Waals surface area contributed by atoms with E-state index in [0.29, 0.717) is 18.8 Å². The van der Waals surface area contributed by atoms with Gasteiger partial charge in [-0.15, -0.1) is 0 Å². The van der Waals surface area contributed by atoms with Crippen molar-refractivity contribution in [2.24, 2.45) is 5.73 Å². The first-order valence-electron chi connectivity index (χ1n) is 5.44. The van der Waals surface area contributed by atoms with E-state index >= 15 is 0 Å². The Balaban J connectivity index is 2.52. The molecule has 1 aromatic rings. The second kappa shape index (κ2) is 5.92. The summed E-state index contributed by atoms with van der Waals surface area (Å²) in [7, 11) is 0. The fraction of sp³-hybridized carbons (Fsp3) is 0.250. The molecule has 1 aromatic carbocycles. The highest BCUT2D eigenvalue weighted by Gasteiger charge is 2.11. The summed E-state index contributed by atoms with van der Waals surface area (Å²) in [6, 6.07) is 6.18. The number of nitrogens with two attached hydrogens (primary N) is 1. The van der Waals surface area contributed by atoms with E-state index in [-0.39, 0.29) is 0 Å².